The maximum atomic E-state index is 12.2. The molecule has 0 aliphatic carbocycles. The maximum absolute atomic E-state index is 12.2. The van der Waals surface area contributed by atoms with Crippen LogP contribution in [0.4, 0.5) is 34.6 Å². The van der Waals surface area contributed by atoms with Gasteiger partial charge in [-0.25, -0.2) is 14.2 Å². The van der Waals surface area contributed by atoms with E-state index in [9.17, 15) is 19.8 Å². The Balaban J connectivity index is 1.49. The first kappa shape index (κ1) is 34.2. The minimum atomic E-state index is -1.19. The molecule has 0 aromatic carbocycles. The summed E-state index contributed by atoms with van der Waals surface area (Å²) in [5.74, 6) is -0.672. The monoisotopic (exact) mass is 672 g/mol. The fourth-order valence-electron chi connectivity index (χ4n) is 4.80. The van der Waals surface area contributed by atoms with Gasteiger partial charge in [0, 0.05) is 14.1 Å². The molecule has 5 aromatic heterocycles. The van der Waals surface area contributed by atoms with Gasteiger partial charge in [0.05, 0.1) is 29.3 Å². The van der Waals surface area contributed by atoms with E-state index in [0.29, 0.717) is 29.9 Å². The lowest BCUT2D eigenvalue weighted by molar-refractivity contribution is 0.0697. The number of unbranched alkanes of at least 4 members (excludes halogenated alkanes) is 2. The normalized spacial score (nSPS) is 11.8. The van der Waals surface area contributed by atoms with Crippen LogP contribution in [0.2, 0.25) is 0 Å². The molecule has 20 nitrogen and oxygen atoms in total. The summed E-state index contributed by atoms with van der Waals surface area (Å²) in [4.78, 5) is 23.8. The van der Waals surface area contributed by atoms with Gasteiger partial charge in [0.25, 0.3) is 0 Å². The summed E-state index contributed by atoms with van der Waals surface area (Å²) in [6.07, 6.45) is 6.99. The molecule has 20 heteroatoms. The van der Waals surface area contributed by atoms with Gasteiger partial charge >= 0.3 is 5.97 Å². The smallest absolute Gasteiger partial charge is 0.341 e. The molecule has 0 saturated heterocycles. The molecule has 5 heterocycles. The zero-order chi connectivity index (χ0) is 35.2. The number of carboxylic acids is 1. The van der Waals surface area contributed by atoms with Crippen LogP contribution in [0, 0.1) is 0 Å². The topological polar surface area (TPSA) is 273 Å². The predicted octanol–water partition coefficient (Wildman–Crippen LogP) is 3.87. The Bertz CT molecular complexity index is 2030. The Morgan fingerprint density at radius 2 is 1.20 bits per heavy atom. The minimum absolute atomic E-state index is 0.0543. The first-order chi connectivity index (χ1) is 23.6. The molecule has 0 fully saturated rings. The van der Waals surface area contributed by atoms with Crippen LogP contribution in [0.1, 0.15) is 71.6 Å². The van der Waals surface area contributed by atoms with Crippen molar-refractivity contribution in [1.29, 1.82) is 0 Å². The zero-order valence-corrected chi connectivity index (χ0v) is 27.4. The van der Waals surface area contributed by atoms with Crippen molar-refractivity contribution in [3.8, 4) is 11.6 Å². The van der Waals surface area contributed by atoms with Crippen molar-refractivity contribution in [2.45, 2.75) is 52.4 Å². The molecular formula is C29H36N16O4. The number of nitrogens with zero attached hydrogens (tertiary/aromatic N) is 14. The van der Waals surface area contributed by atoms with E-state index in [4.69, 9.17) is 11.5 Å². The number of carbonyl (C=O) groups is 2. The average Bonchev–Trinajstić information content (AvgIpc) is 3.83. The SMILES string of the molecule is CCCCc1nn(-c2ccc(-n3nc(CCCC)c(/N=N/c4c(C(=O)CO)cnn4C)c3N)nn2)c(N)c1/N=N/c1c(C(=O)O)cnn1C. The Kier molecular flexibility index (Phi) is 10.3. The van der Waals surface area contributed by atoms with Gasteiger partial charge < -0.3 is 21.7 Å². The second-order valence-electron chi connectivity index (χ2n) is 10.9. The van der Waals surface area contributed by atoms with Crippen LogP contribution in [0.25, 0.3) is 11.6 Å². The quantitative estimate of drug-likeness (QED) is 0.0911. The number of carboxylic acid groups (broad SMARTS) is 1. The van der Waals surface area contributed by atoms with Crippen LogP contribution in [-0.2, 0) is 26.9 Å². The third-order valence-corrected chi connectivity index (χ3v) is 7.51. The van der Waals surface area contributed by atoms with Crippen molar-refractivity contribution < 1.29 is 19.8 Å². The third kappa shape index (κ3) is 6.93. The van der Waals surface area contributed by atoms with Crippen LogP contribution in [0.15, 0.2) is 45.0 Å². The molecule has 0 radical (unpaired) electrons. The second-order valence-corrected chi connectivity index (χ2v) is 10.9. The number of aliphatic hydroxyl groups excluding tert-OH is 1. The molecule has 6 N–H and O–H groups in total. The Hall–Kier alpha value is -6.18. The fraction of sp³-hybridized carbons (Fsp3) is 0.379. The molecule has 0 bridgehead atoms. The lowest BCUT2D eigenvalue weighted by Crippen LogP contribution is -2.09. The second kappa shape index (κ2) is 14.7. The Morgan fingerprint density at radius 3 is 1.61 bits per heavy atom. The van der Waals surface area contributed by atoms with E-state index in [0.717, 1.165) is 25.7 Å². The highest BCUT2D eigenvalue weighted by atomic mass is 16.4. The van der Waals surface area contributed by atoms with E-state index < -0.39 is 18.4 Å². The number of azo groups is 2. The summed E-state index contributed by atoms with van der Waals surface area (Å²) >= 11 is 0. The van der Waals surface area contributed by atoms with Crippen LogP contribution in [0.3, 0.4) is 0 Å². The molecule has 0 atom stereocenters. The predicted molar refractivity (Wildman–Crippen MR) is 175 cm³/mol. The molecule has 0 amide bonds. The average molecular weight is 673 g/mol. The number of rotatable bonds is 15. The number of aromatic carboxylic acids is 1. The summed E-state index contributed by atoms with van der Waals surface area (Å²) in [6, 6.07) is 3.27. The summed E-state index contributed by atoms with van der Waals surface area (Å²) in [7, 11) is 3.16. The summed E-state index contributed by atoms with van der Waals surface area (Å²) in [6.45, 7) is 3.39. The number of aromatic nitrogens is 10. The largest absolute Gasteiger partial charge is 0.477 e. The van der Waals surface area contributed by atoms with Gasteiger partial charge in [-0.15, -0.1) is 30.7 Å². The molecule has 5 aromatic rings. The number of carbonyl (C=O) groups excluding carboxylic acids is 1. The molecular weight excluding hydrogens is 636 g/mol. The van der Waals surface area contributed by atoms with Crippen LogP contribution in [-0.4, -0.2) is 77.9 Å². The van der Waals surface area contributed by atoms with Gasteiger partial charge in [0.2, 0.25) is 0 Å². The first-order valence-electron chi connectivity index (χ1n) is 15.4. The van der Waals surface area contributed by atoms with E-state index in [1.807, 2.05) is 13.8 Å². The van der Waals surface area contributed by atoms with Crippen molar-refractivity contribution in [3.05, 3.63) is 47.0 Å². The molecule has 0 aliphatic heterocycles. The zero-order valence-electron chi connectivity index (χ0n) is 27.4. The summed E-state index contributed by atoms with van der Waals surface area (Å²) < 4.78 is 5.46. The number of hydrogen-bond donors (Lipinski definition) is 4. The van der Waals surface area contributed by atoms with Crippen LogP contribution in [0.5, 0.6) is 0 Å². The van der Waals surface area contributed by atoms with Crippen molar-refractivity contribution in [2.24, 2.45) is 34.6 Å². The van der Waals surface area contributed by atoms with Gasteiger partial charge in [-0.1, -0.05) is 26.7 Å². The highest BCUT2D eigenvalue weighted by Gasteiger charge is 2.22. The van der Waals surface area contributed by atoms with E-state index in [2.05, 4.69) is 51.0 Å². The molecule has 256 valence electrons. The third-order valence-electron chi connectivity index (χ3n) is 7.51. The molecule has 0 spiro atoms. The van der Waals surface area contributed by atoms with E-state index in [1.54, 1.807) is 26.2 Å². The number of nitrogens with two attached hydrogens (primary N) is 2. The molecule has 0 unspecified atom stereocenters. The maximum Gasteiger partial charge on any atom is 0.341 e. The number of aryl methyl sites for hydroxylation is 4. The summed E-state index contributed by atoms with van der Waals surface area (Å²) in [5.41, 5.74) is 14.7. The van der Waals surface area contributed by atoms with Gasteiger partial charge in [0.15, 0.2) is 52.1 Å². The van der Waals surface area contributed by atoms with Gasteiger partial charge in [0.1, 0.15) is 12.2 Å². The van der Waals surface area contributed by atoms with Crippen molar-refractivity contribution in [1.82, 2.24) is 49.3 Å². The highest BCUT2D eigenvalue weighted by molar-refractivity contribution is 6.00. The number of nitrogen functional groups attached to an aromatic ring is 2. The lowest BCUT2D eigenvalue weighted by Gasteiger charge is -2.05. The Labute approximate surface area is 279 Å². The summed E-state index contributed by atoms with van der Waals surface area (Å²) in [5, 5.41) is 61.7. The molecule has 49 heavy (non-hydrogen) atoms. The van der Waals surface area contributed by atoms with E-state index >= 15 is 0 Å². The first-order valence-corrected chi connectivity index (χ1v) is 15.4. The Morgan fingerprint density at radius 1 is 0.755 bits per heavy atom. The van der Waals surface area contributed by atoms with Crippen molar-refractivity contribution >= 4 is 46.4 Å². The standard InChI is InChI=1S/C29H36N16O4/c1-5-7-9-18-23(36-38-27-16(20(47)15-46)13-32-42(27)3)25(30)44(40-18)21-11-12-22(35-34-21)45-26(31)24(19(41-45)10-8-6-2)37-39-28-17(29(48)49)14-33-43(28)4/h11-14,46H,5-10,15,30-31H2,1-4H3,(H,48,49)/b38-36+,39-37+. The van der Waals surface area contributed by atoms with Crippen molar-refractivity contribution in [2.75, 3.05) is 18.1 Å². The van der Waals surface area contributed by atoms with Gasteiger partial charge in [-0.05, 0) is 37.8 Å². The van der Waals surface area contributed by atoms with E-state index in [-0.39, 0.29) is 51.7 Å². The lowest BCUT2D eigenvalue weighted by atomic mass is 10.2. The van der Waals surface area contributed by atoms with Crippen molar-refractivity contribution in [3.63, 3.8) is 0 Å². The van der Waals surface area contributed by atoms with Gasteiger partial charge in [-0.2, -0.15) is 29.8 Å². The number of Topliss-reactive ketones (excluding diaryl/α,β-unsaturated/α-hetero) is 1. The number of ketones is 1. The molecule has 5 rings (SSSR count). The minimum Gasteiger partial charge on any atom is -0.477 e. The number of hydrogen-bond acceptors (Lipinski definition) is 15. The fourth-order valence-corrected chi connectivity index (χ4v) is 4.80. The molecule has 0 aliphatic rings. The van der Waals surface area contributed by atoms with E-state index in [1.165, 1.54) is 31.1 Å². The van der Waals surface area contributed by atoms with Crippen LogP contribution < -0.4 is 11.5 Å². The highest BCUT2D eigenvalue weighted by Crippen LogP contribution is 2.34. The van der Waals surface area contributed by atoms with Gasteiger partial charge in [-0.3, -0.25) is 4.79 Å². The van der Waals surface area contributed by atoms with Crippen LogP contribution >= 0.6 is 0 Å². The number of aliphatic hydroxyl groups is 1. The number of anilines is 2. The molecule has 0 saturated carbocycles.